The molecular weight excluding hydrogens is 600 g/mol. The molecule has 0 spiro atoms. The van der Waals surface area contributed by atoms with Crippen molar-refractivity contribution in [2.24, 2.45) is 0 Å². The van der Waals surface area contributed by atoms with Crippen LogP contribution in [0.3, 0.4) is 0 Å². The Hall–Kier alpha value is -3.62. The molecule has 1 saturated heterocycles. The molecule has 1 aliphatic heterocycles. The van der Waals surface area contributed by atoms with Crippen molar-refractivity contribution in [3.05, 3.63) is 156 Å². The van der Waals surface area contributed by atoms with Gasteiger partial charge in [0.05, 0.1) is 39.1 Å². The highest BCUT2D eigenvalue weighted by Crippen LogP contribution is 2.41. The van der Waals surface area contributed by atoms with Crippen LogP contribution in [0.15, 0.2) is 134 Å². The first-order chi connectivity index (χ1) is 23.7. The largest absolute Gasteiger partial charge is 0.374 e. The summed E-state index contributed by atoms with van der Waals surface area (Å²) in [6.45, 7) is 6.11. The van der Waals surface area contributed by atoms with Crippen LogP contribution in [-0.4, -0.2) is 42.9 Å². The van der Waals surface area contributed by atoms with Gasteiger partial charge in [0, 0.05) is 0 Å². The molecule has 2 fully saturated rings. The van der Waals surface area contributed by atoms with E-state index < -0.39 is 30.2 Å². The van der Waals surface area contributed by atoms with Crippen molar-refractivity contribution in [1.29, 1.82) is 0 Å². The van der Waals surface area contributed by atoms with Crippen LogP contribution in [0.5, 0.6) is 0 Å². The third-order valence-corrected chi connectivity index (χ3v) is 9.14. The fourth-order valence-electron chi connectivity index (χ4n) is 6.62. The summed E-state index contributed by atoms with van der Waals surface area (Å²) in [5.74, 6) is -1.29. The average molecular weight is 649 g/mol. The molecule has 2 unspecified atom stereocenters. The lowest BCUT2D eigenvalue weighted by Crippen LogP contribution is -2.68. The minimum atomic E-state index is -1.29. The van der Waals surface area contributed by atoms with Crippen LogP contribution in [0.25, 0.3) is 0 Å². The molecule has 0 amide bonds. The summed E-state index contributed by atoms with van der Waals surface area (Å²) in [6.07, 6.45) is 4.85. The van der Waals surface area contributed by atoms with Crippen molar-refractivity contribution in [3.63, 3.8) is 0 Å². The molecule has 4 aromatic rings. The summed E-state index contributed by atoms with van der Waals surface area (Å²) in [5, 5.41) is 0. The molecule has 1 saturated carbocycles. The fraction of sp³-hybridized carbons (Fsp3) is 0.381. The number of hydrogen-bond acceptors (Lipinski definition) is 6. The van der Waals surface area contributed by atoms with E-state index in [1.165, 1.54) is 6.42 Å². The smallest absolute Gasteiger partial charge is 0.218 e. The number of hydrogen-bond donors (Lipinski definition) is 0. The minimum Gasteiger partial charge on any atom is -0.374 e. The van der Waals surface area contributed by atoms with Crippen LogP contribution >= 0.6 is 0 Å². The van der Waals surface area contributed by atoms with Gasteiger partial charge in [-0.25, -0.2) is 0 Å². The van der Waals surface area contributed by atoms with Crippen molar-refractivity contribution < 1.29 is 28.4 Å². The molecule has 6 nitrogen and oxygen atoms in total. The predicted molar refractivity (Wildman–Crippen MR) is 187 cm³/mol. The number of ether oxygens (including phenoxy) is 6. The molecule has 0 N–H and O–H groups in total. The Morgan fingerprint density at radius 3 is 1.54 bits per heavy atom. The monoisotopic (exact) mass is 648 g/mol. The van der Waals surface area contributed by atoms with Gasteiger partial charge in [0.2, 0.25) is 5.79 Å². The summed E-state index contributed by atoms with van der Waals surface area (Å²) in [4.78, 5) is 0. The molecular formula is C42H48O6. The van der Waals surface area contributed by atoms with Gasteiger partial charge in [0.15, 0.2) is 0 Å². The molecule has 4 aromatic carbocycles. The second-order valence-electron chi connectivity index (χ2n) is 12.7. The Labute approximate surface area is 285 Å². The van der Waals surface area contributed by atoms with E-state index in [0.29, 0.717) is 26.4 Å². The molecule has 252 valence electrons. The average Bonchev–Trinajstić information content (AvgIpc) is 3.15. The standard InChI is InChI=1S/C42H48O6/c1-2-42(47-37-26-16-7-17-27-37)41(46-31-36-24-14-6-15-25-36)40(45-30-35-22-12-5-13-23-35)39(44-29-34-20-10-4-11-21-34)38(48-42)32-43-28-33-18-8-3-9-19-33/h2-6,8-15,18-25,37-41H,1,7,16-17,26-32H2/t38?,39-,40-,41?,42-/m0/s1. The highest BCUT2D eigenvalue weighted by Gasteiger charge is 2.57. The summed E-state index contributed by atoms with van der Waals surface area (Å²) in [5.41, 5.74) is 4.25. The lowest BCUT2D eigenvalue weighted by molar-refractivity contribution is -0.373. The molecule has 6 heteroatoms. The van der Waals surface area contributed by atoms with E-state index >= 15 is 0 Å². The summed E-state index contributed by atoms with van der Waals surface area (Å²) in [7, 11) is 0. The maximum atomic E-state index is 7.05. The van der Waals surface area contributed by atoms with E-state index in [2.05, 4.69) is 55.1 Å². The molecule has 0 radical (unpaired) electrons. The first-order valence-electron chi connectivity index (χ1n) is 17.3. The van der Waals surface area contributed by atoms with Gasteiger partial charge in [0.1, 0.15) is 24.4 Å². The van der Waals surface area contributed by atoms with Gasteiger partial charge in [-0.15, -0.1) is 0 Å². The van der Waals surface area contributed by atoms with Crippen LogP contribution in [-0.2, 0) is 54.8 Å². The van der Waals surface area contributed by atoms with Crippen LogP contribution in [0.1, 0.15) is 54.4 Å². The Morgan fingerprint density at radius 2 is 1.04 bits per heavy atom. The van der Waals surface area contributed by atoms with E-state index in [0.717, 1.165) is 47.9 Å². The maximum absolute atomic E-state index is 7.05. The Kier molecular flexibility index (Phi) is 12.6. The van der Waals surface area contributed by atoms with Crippen molar-refractivity contribution in [1.82, 2.24) is 0 Å². The molecule has 0 aromatic heterocycles. The lowest BCUT2D eigenvalue weighted by Gasteiger charge is -2.52. The fourth-order valence-corrected chi connectivity index (χ4v) is 6.62. The summed E-state index contributed by atoms with van der Waals surface area (Å²) in [6, 6.07) is 40.7. The highest BCUT2D eigenvalue weighted by molar-refractivity contribution is 5.17. The topological polar surface area (TPSA) is 55.4 Å². The third-order valence-electron chi connectivity index (χ3n) is 9.14. The molecule has 6 rings (SSSR count). The zero-order valence-corrected chi connectivity index (χ0v) is 27.7. The quantitative estimate of drug-likeness (QED) is 0.114. The second kappa shape index (κ2) is 17.7. The minimum absolute atomic E-state index is 0.0158. The van der Waals surface area contributed by atoms with Crippen molar-refractivity contribution >= 4 is 0 Å². The molecule has 1 heterocycles. The first-order valence-corrected chi connectivity index (χ1v) is 17.3. The van der Waals surface area contributed by atoms with Crippen molar-refractivity contribution in [2.45, 2.75) is 94.8 Å². The van der Waals surface area contributed by atoms with Crippen molar-refractivity contribution in [3.8, 4) is 0 Å². The van der Waals surface area contributed by atoms with E-state index in [9.17, 15) is 0 Å². The third kappa shape index (κ3) is 9.29. The van der Waals surface area contributed by atoms with E-state index in [1.807, 2.05) is 72.8 Å². The van der Waals surface area contributed by atoms with E-state index in [-0.39, 0.29) is 12.7 Å². The van der Waals surface area contributed by atoms with Crippen LogP contribution < -0.4 is 0 Å². The molecule has 1 aliphatic carbocycles. The molecule has 48 heavy (non-hydrogen) atoms. The van der Waals surface area contributed by atoms with Gasteiger partial charge in [-0.1, -0.05) is 147 Å². The van der Waals surface area contributed by atoms with Gasteiger partial charge >= 0.3 is 0 Å². The molecule has 0 bridgehead atoms. The predicted octanol–water partition coefficient (Wildman–Crippen LogP) is 8.59. The maximum Gasteiger partial charge on any atom is 0.218 e. The summed E-state index contributed by atoms with van der Waals surface area (Å²) >= 11 is 0. The second-order valence-corrected chi connectivity index (χ2v) is 12.7. The number of rotatable bonds is 16. The first kappa shape index (κ1) is 34.3. The van der Waals surface area contributed by atoms with Gasteiger partial charge in [0.25, 0.3) is 0 Å². The normalized spacial score (nSPS) is 24.7. The Balaban J connectivity index is 1.35. The Bertz CT molecular complexity index is 1480. The molecule has 2 aliphatic rings. The van der Waals surface area contributed by atoms with E-state index in [1.54, 1.807) is 6.08 Å². The van der Waals surface area contributed by atoms with E-state index in [4.69, 9.17) is 28.4 Å². The van der Waals surface area contributed by atoms with Crippen molar-refractivity contribution in [2.75, 3.05) is 6.61 Å². The van der Waals surface area contributed by atoms with Gasteiger partial charge < -0.3 is 28.4 Å². The zero-order chi connectivity index (χ0) is 32.9. The Morgan fingerprint density at radius 1 is 0.583 bits per heavy atom. The van der Waals surface area contributed by atoms with Crippen LogP contribution in [0.2, 0.25) is 0 Å². The molecule has 5 atom stereocenters. The van der Waals surface area contributed by atoms with Gasteiger partial charge in [-0.3, -0.25) is 0 Å². The van der Waals surface area contributed by atoms with Crippen LogP contribution in [0, 0.1) is 0 Å². The van der Waals surface area contributed by atoms with Crippen LogP contribution in [0.4, 0.5) is 0 Å². The lowest BCUT2D eigenvalue weighted by atomic mass is 9.90. The number of benzene rings is 4. The highest BCUT2D eigenvalue weighted by atomic mass is 16.7. The zero-order valence-electron chi connectivity index (χ0n) is 27.7. The summed E-state index contributed by atoms with van der Waals surface area (Å²) < 4.78 is 41.0. The van der Waals surface area contributed by atoms with Gasteiger partial charge in [-0.05, 0) is 41.2 Å². The van der Waals surface area contributed by atoms with Gasteiger partial charge in [-0.2, -0.15) is 0 Å². The SMILES string of the molecule is C=C[C@]1(OC2CCCCC2)OC(COCc2ccccc2)[C@H](OCc2ccccc2)[C@H](OCc2ccccc2)C1OCc1ccccc1.